The second-order valence-corrected chi connectivity index (χ2v) is 7.32. The van der Waals surface area contributed by atoms with Crippen LogP contribution in [0.4, 0.5) is 0 Å². The van der Waals surface area contributed by atoms with Crippen LogP contribution in [0.15, 0.2) is 42.0 Å². The number of nitrogens with one attached hydrogen (secondary N) is 1. The molecule has 4 heterocycles. The van der Waals surface area contributed by atoms with E-state index in [0.717, 1.165) is 16.6 Å². The van der Waals surface area contributed by atoms with Gasteiger partial charge in [0.05, 0.1) is 30.8 Å². The van der Waals surface area contributed by atoms with E-state index >= 15 is 0 Å². The highest BCUT2D eigenvalue weighted by Gasteiger charge is 2.29. The molecule has 156 valence electrons. The molecule has 3 aromatic rings. The molecule has 1 N–H and O–H groups in total. The van der Waals surface area contributed by atoms with Crippen LogP contribution in [0.2, 0.25) is 0 Å². The van der Waals surface area contributed by atoms with Gasteiger partial charge in [-0.25, -0.2) is 4.98 Å². The van der Waals surface area contributed by atoms with E-state index in [-0.39, 0.29) is 18.6 Å². The van der Waals surface area contributed by atoms with Gasteiger partial charge in [-0.05, 0) is 36.6 Å². The standard InChI is InChI=1S/C21H23N5O4/c1-13-3-6-23-19-15(21(27)24-16-5-8-30-12-17(16)25-28)11-26(20(13)19)10-14-4-7-22-18(9-14)29-2/h3-4,6-7,9,11,16-17H,5,8,10,12H2,1-2H3,(H,24,27)/t16-,17-/m0/s1. The number of nitrogens with zero attached hydrogens (tertiary/aromatic N) is 4. The molecule has 9 heteroatoms. The van der Waals surface area contributed by atoms with Gasteiger partial charge in [0.2, 0.25) is 5.88 Å². The lowest BCUT2D eigenvalue weighted by Gasteiger charge is -2.27. The number of rotatable bonds is 6. The van der Waals surface area contributed by atoms with E-state index in [9.17, 15) is 9.70 Å². The molecular formula is C21H23N5O4. The Balaban J connectivity index is 1.67. The number of hydrogen-bond acceptors (Lipinski definition) is 7. The number of carbonyl (C=O) groups is 1. The Kier molecular flexibility index (Phi) is 5.71. The fraction of sp³-hybridized carbons (Fsp3) is 0.381. The van der Waals surface area contributed by atoms with Gasteiger partial charge >= 0.3 is 0 Å². The third-order valence-electron chi connectivity index (χ3n) is 5.34. The summed E-state index contributed by atoms with van der Waals surface area (Å²) < 4.78 is 12.5. The van der Waals surface area contributed by atoms with E-state index in [4.69, 9.17) is 9.47 Å². The molecule has 0 bridgehead atoms. The number of ether oxygens (including phenoxy) is 2. The van der Waals surface area contributed by atoms with Gasteiger partial charge in [0.1, 0.15) is 11.6 Å². The second kappa shape index (κ2) is 8.58. The minimum atomic E-state index is -0.588. The Bertz CT molecular complexity index is 1080. The lowest BCUT2D eigenvalue weighted by molar-refractivity contribution is 0.0576. The van der Waals surface area contributed by atoms with Crippen LogP contribution in [0.1, 0.15) is 27.9 Å². The SMILES string of the molecule is COc1cc(Cn2cc(C(=O)N[C@H]3CCOC[C@@H]3N=O)c3nccc(C)c32)ccn1. The Morgan fingerprint density at radius 1 is 1.37 bits per heavy atom. The summed E-state index contributed by atoms with van der Waals surface area (Å²) in [5.41, 5.74) is 3.97. The fourth-order valence-corrected chi connectivity index (χ4v) is 3.78. The topological polar surface area (TPSA) is 108 Å². The molecule has 1 amide bonds. The number of amides is 1. The van der Waals surface area contributed by atoms with Crippen LogP contribution in [0.5, 0.6) is 5.88 Å². The molecule has 9 nitrogen and oxygen atoms in total. The van der Waals surface area contributed by atoms with Crippen LogP contribution in [0.3, 0.4) is 0 Å². The molecule has 30 heavy (non-hydrogen) atoms. The Hall–Kier alpha value is -3.33. The van der Waals surface area contributed by atoms with Crippen LogP contribution in [0.25, 0.3) is 11.0 Å². The first-order valence-corrected chi connectivity index (χ1v) is 9.75. The Morgan fingerprint density at radius 3 is 3.00 bits per heavy atom. The van der Waals surface area contributed by atoms with Crippen LogP contribution < -0.4 is 10.1 Å². The largest absolute Gasteiger partial charge is 0.481 e. The molecule has 1 aliphatic rings. The van der Waals surface area contributed by atoms with Crippen molar-refractivity contribution in [3.8, 4) is 5.88 Å². The zero-order valence-corrected chi connectivity index (χ0v) is 16.9. The minimum absolute atomic E-state index is 0.220. The Labute approximate surface area is 173 Å². The van der Waals surface area contributed by atoms with Crippen molar-refractivity contribution in [3.05, 3.63) is 58.4 Å². The third-order valence-corrected chi connectivity index (χ3v) is 5.34. The maximum absolute atomic E-state index is 13.1. The smallest absolute Gasteiger partial charge is 0.255 e. The van der Waals surface area contributed by atoms with Crippen LogP contribution in [0, 0.1) is 11.8 Å². The lowest BCUT2D eigenvalue weighted by atomic mass is 10.0. The summed E-state index contributed by atoms with van der Waals surface area (Å²) in [6, 6.07) is 4.74. The normalized spacial score (nSPS) is 18.9. The number of nitroso groups, excluding NO2 is 1. The first kappa shape index (κ1) is 20.0. The van der Waals surface area contributed by atoms with E-state index < -0.39 is 6.04 Å². The lowest BCUT2D eigenvalue weighted by Crippen LogP contribution is -2.47. The molecule has 2 atom stereocenters. The quantitative estimate of drug-likeness (QED) is 0.627. The van der Waals surface area contributed by atoms with Crippen molar-refractivity contribution in [1.82, 2.24) is 19.9 Å². The van der Waals surface area contributed by atoms with Gasteiger partial charge in [-0.1, -0.05) is 5.18 Å². The molecule has 0 aromatic carbocycles. The first-order valence-electron chi connectivity index (χ1n) is 9.75. The molecule has 4 rings (SSSR count). The average molecular weight is 409 g/mol. The van der Waals surface area contributed by atoms with Gasteiger partial charge in [0.15, 0.2) is 0 Å². The van der Waals surface area contributed by atoms with E-state index in [1.54, 1.807) is 25.7 Å². The van der Waals surface area contributed by atoms with Crippen molar-refractivity contribution in [2.45, 2.75) is 32.0 Å². The van der Waals surface area contributed by atoms with Gasteiger partial charge in [-0.3, -0.25) is 9.78 Å². The van der Waals surface area contributed by atoms with Crippen LogP contribution in [-0.2, 0) is 11.3 Å². The number of carbonyl (C=O) groups excluding carboxylic acids is 1. The second-order valence-electron chi connectivity index (χ2n) is 7.32. The van der Waals surface area contributed by atoms with Crippen molar-refractivity contribution in [2.24, 2.45) is 5.18 Å². The number of methoxy groups -OCH3 is 1. The number of hydrogen-bond donors (Lipinski definition) is 1. The maximum atomic E-state index is 13.1. The van der Waals surface area contributed by atoms with Gasteiger partial charge in [-0.2, -0.15) is 4.91 Å². The fourth-order valence-electron chi connectivity index (χ4n) is 3.78. The summed E-state index contributed by atoms with van der Waals surface area (Å²) >= 11 is 0. The molecule has 0 spiro atoms. The zero-order valence-electron chi connectivity index (χ0n) is 16.9. The summed E-state index contributed by atoms with van der Waals surface area (Å²) in [5, 5.41) is 6.05. The van der Waals surface area contributed by atoms with Crippen molar-refractivity contribution in [2.75, 3.05) is 20.3 Å². The summed E-state index contributed by atoms with van der Waals surface area (Å²) in [7, 11) is 1.57. The van der Waals surface area contributed by atoms with Crippen LogP contribution >= 0.6 is 0 Å². The zero-order chi connectivity index (χ0) is 21.1. The highest BCUT2D eigenvalue weighted by atomic mass is 16.5. The molecule has 1 aliphatic heterocycles. The average Bonchev–Trinajstić information content (AvgIpc) is 3.14. The van der Waals surface area contributed by atoms with Crippen molar-refractivity contribution in [3.63, 3.8) is 0 Å². The minimum Gasteiger partial charge on any atom is -0.481 e. The first-order chi connectivity index (χ1) is 14.6. The monoisotopic (exact) mass is 409 g/mol. The molecule has 0 radical (unpaired) electrons. The third kappa shape index (κ3) is 3.88. The van der Waals surface area contributed by atoms with E-state index in [2.05, 4.69) is 20.5 Å². The van der Waals surface area contributed by atoms with Gasteiger partial charge in [0.25, 0.3) is 5.91 Å². The molecular weight excluding hydrogens is 386 g/mol. The van der Waals surface area contributed by atoms with E-state index in [0.29, 0.717) is 36.5 Å². The maximum Gasteiger partial charge on any atom is 0.255 e. The molecule has 0 saturated carbocycles. The van der Waals surface area contributed by atoms with E-state index in [1.807, 2.05) is 29.7 Å². The summed E-state index contributed by atoms with van der Waals surface area (Å²) in [6.45, 7) is 3.22. The number of aryl methyl sites for hydroxylation is 1. The number of aromatic nitrogens is 3. The summed E-state index contributed by atoms with van der Waals surface area (Å²) in [6.07, 6.45) is 5.73. The van der Waals surface area contributed by atoms with E-state index in [1.165, 1.54) is 0 Å². The molecule has 1 saturated heterocycles. The predicted molar refractivity (Wildman–Crippen MR) is 111 cm³/mol. The highest BCUT2D eigenvalue weighted by Crippen LogP contribution is 2.25. The van der Waals surface area contributed by atoms with Gasteiger partial charge in [0, 0.05) is 37.8 Å². The van der Waals surface area contributed by atoms with Gasteiger partial charge < -0.3 is 19.4 Å². The van der Waals surface area contributed by atoms with Crippen molar-refractivity contribution < 1.29 is 14.3 Å². The van der Waals surface area contributed by atoms with Crippen LogP contribution in [-0.4, -0.2) is 52.8 Å². The van der Waals surface area contributed by atoms with Crippen molar-refractivity contribution >= 4 is 16.9 Å². The molecule has 1 fully saturated rings. The summed E-state index contributed by atoms with van der Waals surface area (Å²) in [5.74, 6) is 0.258. The number of fused-ring (bicyclic) bond motifs is 1. The predicted octanol–water partition coefficient (Wildman–Crippen LogP) is 2.45. The highest BCUT2D eigenvalue weighted by molar-refractivity contribution is 6.06. The van der Waals surface area contributed by atoms with Gasteiger partial charge in [-0.15, -0.1) is 0 Å². The summed E-state index contributed by atoms with van der Waals surface area (Å²) in [4.78, 5) is 32.8. The van der Waals surface area contributed by atoms with Crippen molar-refractivity contribution in [1.29, 1.82) is 0 Å². The molecule has 3 aromatic heterocycles. The molecule has 0 aliphatic carbocycles. The molecule has 0 unspecified atom stereocenters. The number of pyridine rings is 2. The Morgan fingerprint density at radius 2 is 2.20 bits per heavy atom.